The summed E-state index contributed by atoms with van der Waals surface area (Å²) in [6.07, 6.45) is 3.34. The monoisotopic (exact) mass is 428 g/mol. The number of carbonyl (C=O) groups is 1. The van der Waals surface area contributed by atoms with Gasteiger partial charge >= 0.3 is 0 Å². The molecule has 2 heterocycles. The topological polar surface area (TPSA) is 68.6 Å². The first kappa shape index (κ1) is 19.8. The summed E-state index contributed by atoms with van der Waals surface area (Å²) in [5, 5.41) is 1.55. The number of halogens is 1. The first-order valence-corrected chi connectivity index (χ1v) is 10.7. The Morgan fingerprint density at radius 1 is 0.968 bits per heavy atom. The minimum Gasteiger partial charge on any atom is -0.294 e. The van der Waals surface area contributed by atoms with Crippen molar-refractivity contribution in [2.24, 2.45) is 5.41 Å². The molecule has 154 valence electrons. The van der Waals surface area contributed by atoms with E-state index in [0.717, 1.165) is 34.3 Å². The quantitative estimate of drug-likeness (QED) is 0.431. The Balaban J connectivity index is 1.58. The first-order chi connectivity index (χ1) is 14.9. The molecule has 5 nitrogen and oxygen atoms in total. The van der Waals surface area contributed by atoms with E-state index in [0.29, 0.717) is 35.1 Å². The van der Waals surface area contributed by atoms with Gasteiger partial charge in [-0.25, -0.2) is 19.9 Å². The van der Waals surface area contributed by atoms with Crippen LogP contribution in [0.2, 0.25) is 5.02 Å². The standard InChI is InChI=1S/C25H21ClN4O/c1-25(2)12-20-18(21(31)13-25)14-27-22(29-20)11-23-28-19-9-8-16(26)10-17(19)24(30-23)15-6-4-3-5-7-15/h3-10,14H,11-13H2,1-2H3. The number of ketones is 1. The lowest BCUT2D eigenvalue weighted by Crippen LogP contribution is -2.28. The molecule has 0 radical (unpaired) electrons. The van der Waals surface area contributed by atoms with Crippen LogP contribution in [0.1, 0.15) is 48.0 Å². The second kappa shape index (κ2) is 7.50. The summed E-state index contributed by atoms with van der Waals surface area (Å²) in [5.41, 5.74) is 4.02. The molecule has 0 N–H and O–H groups in total. The predicted molar refractivity (Wildman–Crippen MR) is 121 cm³/mol. The fourth-order valence-corrected chi connectivity index (χ4v) is 4.31. The van der Waals surface area contributed by atoms with E-state index in [2.05, 4.69) is 18.8 Å². The summed E-state index contributed by atoms with van der Waals surface area (Å²) < 4.78 is 0. The lowest BCUT2D eigenvalue weighted by Gasteiger charge is -2.29. The lowest BCUT2D eigenvalue weighted by atomic mass is 9.76. The van der Waals surface area contributed by atoms with Crippen LogP contribution in [0.15, 0.2) is 54.7 Å². The molecule has 31 heavy (non-hydrogen) atoms. The SMILES string of the molecule is CC1(C)CC(=O)c2cnc(Cc3nc(-c4ccccc4)c4cc(Cl)ccc4n3)nc2C1. The molecule has 1 aliphatic carbocycles. The molecule has 6 heteroatoms. The maximum absolute atomic E-state index is 12.4. The molecule has 0 atom stereocenters. The molecule has 0 unspecified atom stereocenters. The molecule has 2 aromatic carbocycles. The van der Waals surface area contributed by atoms with Gasteiger partial charge in [-0.1, -0.05) is 55.8 Å². The Morgan fingerprint density at radius 2 is 1.77 bits per heavy atom. The van der Waals surface area contributed by atoms with Crippen LogP contribution in [0.4, 0.5) is 0 Å². The van der Waals surface area contributed by atoms with Crippen molar-refractivity contribution in [1.82, 2.24) is 19.9 Å². The predicted octanol–water partition coefficient (Wildman–Crippen LogP) is 5.49. The van der Waals surface area contributed by atoms with Gasteiger partial charge in [0, 0.05) is 28.6 Å². The number of aromatic nitrogens is 4. The summed E-state index contributed by atoms with van der Waals surface area (Å²) in [7, 11) is 0. The van der Waals surface area contributed by atoms with Crippen LogP contribution in [0.5, 0.6) is 0 Å². The van der Waals surface area contributed by atoms with Crippen molar-refractivity contribution in [2.75, 3.05) is 0 Å². The van der Waals surface area contributed by atoms with Gasteiger partial charge in [-0.3, -0.25) is 4.79 Å². The van der Waals surface area contributed by atoms with Crippen molar-refractivity contribution in [3.8, 4) is 11.3 Å². The van der Waals surface area contributed by atoms with Gasteiger partial charge in [0.2, 0.25) is 0 Å². The van der Waals surface area contributed by atoms with E-state index >= 15 is 0 Å². The molecule has 4 aromatic rings. The number of hydrogen-bond acceptors (Lipinski definition) is 5. The third-order valence-electron chi connectivity index (χ3n) is 5.57. The average Bonchev–Trinajstić information content (AvgIpc) is 2.73. The van der Waals surface area contributed by atoms with Crippen LogP contribution in [0, 0.1) is 5.41 Å². The Labute approximate surface area is 185 Å². The molecule has 2 aromatic heterocycles. The number of Topliss-reactive ketones (excluding diaryl/α,β-unsaturated/α-hetero) is 1. The van der Waals surface area contributed by atoms with Gasteiger partial charge in [-0.15, -0.1) is 0 Å². The van der Waals surface area contributed by atoms with Gasteiger partial charge in [0.25, 0.3) is 0 Å². The van der Waals surface area contributed by atoms with Crippen molar-refractivity contribution in [3.05, 3.63) is 82.7 Å². The second-order valence-corrected chi connectivity index (χ2v) is 9.22. The van der Waals surface area contributed by atoms with E-state index in [-0.39, 0.29) is 11.2 Å². The van der Waals surface area contributed by atoms with Gasteiger partial charge in [0.05, 0.1) is 28.9 Å². The molecule has 0 bridgehead atoms. The zero-order valence-corrected chi connectivity index (χ0v) is 18.1. The fourth-order valence-electron chi connectivity index (χ4n) is 4.14. The summed E-state index contributed by atoms with van der Waals surface area (Å²) in [6, 6.07) is 15.6. The third kappa shape index (κ3) is 3.93. The van der Waals surface area contributed by atoms with Crippen molar-refractivity contribution in [2.45, 2.75) is 33.1 Å². The number of fused-ring (bicyclic) bond motifs is 2. The van der Waals surface area contributed by atoms with Gasteiger partial charge in [0.15, 0.2) is 5.78 Å². The van der Waals surface area contributed by atoms with E-state index in [1.165, 1.54) is 0 Å². The molecule has 0 saturated carbocycles. The average molecular weight is 429 g/mol. The van der Waals surface area contributed by atoms with Crippen LogP contribution in [-0.2, 0) is 12.8 Å². The van der Waals surface area contributed by atoms with E-state index < -0.39 is 0 Å². The number of hydrogen-bond donors (Lipinski definition) is 0. The maximum atomic E-state index is 12.4. The Hall–Kier alpha value is -3.18. The highest BCUT2D eigenvalue weighted by Gasteiger charge is 2.32. The fraction of sp³-hybridized carbons (Fsp3) is 0.240. The summed E-state index contributed by atoms with van der Waals surface area (Å²) in [4.78, 5) is 31.2. The zero-order chi connectivity index (χ0) is 21.6. The maximum Gasteiger partial charge on any atom is 0.166 e. The molecule has 0 saturated heterocycles. The van der Waals surface area contributed by atoms with Crippen molar-refractivity contribution >= 4 is 28.3 Å². The highest BCUT2D eigenvalue weighted by atomic mass is 35.5. The molecule has 0 spiro atoms. The normalized spacial score (nSPS) is 15.1. The smallest absolute Gasteiger partial charge is 0.166 e. The molecule has 0 aliphatic heterocycles. The van der Waals surface area contributed by atoms with Crippen molar-refractivity contribution < 1.29 is 4.79 Å². The number of benzene rings is 2. The lowest BCUT2D eigenvalue weighted by molar-refractivity contribution is 0.0909. The van der Waals surface area contributed by atoms with Crippen LogP contribution in [0.25, 0.3) is 22.2 Å². The molecular formula is C25H21ClN4O. The molecule has 0 amide bonds. The Bertz CT molecular complexity index is 1320. The minimum atomic E-state index is -0.0884. The highest BCUT2D eigenvalue weighted by molar-refractivity contribution is 6.31. The molecule has 5 rings (SSSR count). The van der Waals surface area contributed by atoms with E-state index in [1.807, 2.05) is 48.5 Å². The van der Waals surface area contributed by atoms with Crippen LogP contribution < -0.4 is 0 Å². The second-order valence-electron chi connectivity index (χ2n) is 8.78. The van der Waals surface area contributed by atoms with Gasteiger partial charge in [-0.2, -0.15) is 0 Å². The van der Waals surface area contributed by atoms with E-state index in [1.54, 1.807) is 6.20 Å². The third-order valence-corrected chi connectivity index (χ3v) is 5.81. The minimum absolute atomic E-state index is 0.0884. The van der Waals surface area contributed by atoms with Gasteiger partial charge < -0.3 is 0 Å². The molecule has 0 fully saturated rings. The van der Waals surface area contributed by atoms with E-state index in [4.69, 9.17) is 26.6 Å². The van der Waals surface area contributed by atoms with Gasteiger partial charge in [0.1, 0.15) is 11.6 Å². The van der Waals surface area contributed by atoms with Crippen LogP contribution >= 0.6 is 11.6 Å². The highest BCUT2D eigenvalue weighted by Crippen LogP contribution is 2.34. The van der Waals surface area contributed by atoms with Gasteiger partial charge in [-0.05, 0) is 30.0 Å². The Kier molecular flexibility index (Phi) is 4.78. The van der Waals surface area contributed by atoms with Crippen molar-refractivity contribution in [1.29, 1.82) is 0 Å². The summed E-state index contributed by atoms with van der Waals surface area (Å²) in [5.74, 6) is 1.37. The summed E-state index contributed by atoms with van der Waals surface area (Å²) >= 11 is 6.25. The number of carbonyl (C=O) groups excluding carboxylic acids is 1. The van der Waals surface area contributed by atoms with E-state index in [9.17, 15) is 4.79 Å². The number of nitrogens with zero attached hydrogens (tertiary/aromatic N) is 4. The summed E-state index contributed by atoms with van der Waals surface area (Å²) in [6.45, 7) is 4.19. The van der Waals surface area contributed by atoms with Crippen molar-refractivity contribution in [3.63, 3.8) is 0 Å². The zero-order valence-electron chi connectivity index (χ0n) is 17.4. The molecular weight excluding hydrogens is 408 g/mol. The van der Waals surface area contributed by atoms with Crippen LogP contribution in [0.3, 0.4) is 0 Å². The largest absolute Gasteiger partial charge is 0.294 e. The molecule has 1 aliphatic rings. The van der Waals surface area contributed by atoms with Crippen LogP contribution in [-0.4, -0.2) is 25.7 Å². The Morgan fingerprint density at radius 3 is 2.58 bits per heavy atom. The number of rotatable bonds is 3. The first-order valence-electron chi connectivity index (χ1n) is 10.3.